The first-order chi connectivity index (χ1) is 20.0. The van der Waals surface area contributed by atoms with Crippen LogP contribution in [0.15, 0.2) is 47.1 Å². The molecule has 224 valence electrons. The number of benzene rings is 2. The molecule has 4 rings (SSSR count). The van der Waals surface area contributed by atoms with Crippen LogP contribution in [-0.4, -0.2) is 66.2 Å². The van der Waals surface area contributed by atoms with Crippen LogP contribution < -0.4 is 21.7 Å². The maximum absolute atomic E-state index is 13.5. The van der Waals surface area contributed by atoms with Crippen molar-refractivity contribution in [3.8, 4) is 0 Å². The van der Waals surface area contributed by atoms with E-state index >= 15 is 0 Å². The molecule has 2 aromatic carbocycles. The third kappa shape index (κ3) is 6.30. The van der Waals surface area contributed by atoms with Crippen LogP contribution in [-0.2, 0) is 14.3 Å². The lowest BCUT2D eigenvalue weighted by Crippen LogP contribution is -2.48. The standard InChI is InChI=1S/C31H40N6O5/c1-5-7-25(28(39)35-18-38)37-24-11-10-22(21-8-6-9-23(26(21)24)29(37)40)27(33)19(16-32)17-34-20-12-14-36(15-13-20)30(41)42-31(2,3)4/h6,8-11,16-18,20,25,27H,5,7,12-15,32-33H2,1-4H3,(H,35,38,39). The second kappa shape index (κ2) is 12.7. The molecule has 0 aliphatic carbocycles. The summed E-state index contributed by atoms with van der Waals surface area (Å²) in [5.74, 6) is -0.821. The van der Waals surface area contributed by atoms with Gasteiger partial charge in [0.05, 0.1) is 17.8 Å². The molecule has 2 aliphatic heterocycles. The summed E-state index contributed by atoms with van der Waals surface area (Å²) in [4.78, 5) is 57.5. The zero-order valence-electron chi connectivity index (χ0n) is 24.6. The Morgan fingerprint density at radius 2 is 1.90 bits per heavy atom. The first kappa shape index (κ1) is 30.7. The van der Waals surface area contributed by atoms with Crippen molar-refractivity contribution in [2.24, 2.45) is 16.5 Å². The average Bonchev–Trinajstić information content (AvgIpc) is 3.24. The predicted octanol–water partition coefficient (Wildman–Crippen LogP) is 3.55. The summed E-state index contributed by atoms with van der Waals surface area (Å²) in [5, 5.41) is 3.68. The van der Waals surface area contributed by atoms with Crippen molar-refractivity contribution >= 4 is 47.0 Å². The van der Waals surface area contributed by atoms with Crippen molar-refractivity contribution < 1.29 is 23.9 Å². The van der Waals surface area contributed by atoms with Crippen molar-refractivity contribution in [3.05, 3.63) is 53.2 Å². The topological polar surface area (TPSA) is 160 Å². The van der Waals surface area contributed by atoms with Crippen LogP contribution in [0.1, 0.15) is 75.3 Å². The minimum absolute atomic E-state index is 0.0119. The SMILES string of the molecule is CCCC(C(=O)NC=O)N1C(=O)c2cccc3c(C(N)C(C=NC4CCN(C(=O)OC(C)(C)C)CC4)=CN)ccc1c23. The van der Waals surface area contributed by atoms with E-state index in [1.807, 2.05) is 39.8 Å². The lowest BCUT2D eigenvalue weighted by Gasteiger charge is -2.32. The van der Waals surface area contributed by atoms with Gasteiger partial charge in [-0.1, -0.05) is 31.5 Å². The van der Waals surface area contributed by atoms with Crippen molar-refractivity contribution in [1.29, 1.82) is 0 Å². The Bertz CT molecular complexity index is 1420. The molecule has 42 heavy (non-hydrogen) atoms. The Morgan fingerprint density at radius 3 is 2.52 bits per heavy atom. The molecule has 2 atom stereocenters. The summed E-state index contributed by atoms with van der Waals surface area (Å²) in [6, 6.07) is 7.61. The van der Waals surface area contributed by atoms with Crippen molar-refractivity contribution in [2.45, 2.75) is 77.1 Å². The van der Waals surface area contributed by atoms with E-state index in [4.69, 9.17) is 21.2 Å². The number of hydrogen-bond donors (Lipinski definition) is 3. The van der Waals surface area contributed by atoms with Crippen LogP contribution in [0, 0.1) is 0 Å². The number of aliphatic imine (C=N–C) groups is 1. The Kier molecular flexibility index (Phi) is 9.30. The molecular formula is C31H40N6O5. The molecule has 0 saturated carbocycles. The number of carbonyl (C=O) groups excluding carboxylic acids is 4. The third-order valence-electron chi connectivity index (χ3n) is 7.58. The highest BCUT2D eigenvalue weighted by Crippen LogP contribution is 2.42. The molecule has 4 amide bonds. The van der Waals surface area contributed by atoms with E-state index in [0.717, 1.165) is 10.9 Å². The van der Waals surface area contributed by atoms with Gasteiger partial charge in [-0.2, -0.15) is 0 Å². The summed E-state index contributed by atoms with van der Waals surface area (Å²) in [6.07, 6.45) is 5.58. The highest BCUT2D eigenvalue weighted by atomic mass is 16.6. The molecular weight excluding hydrogens is 536 g/mol. The normalized spacial score (nSPS) is 17.5. The molecule has 2 unspecified atom stereocenters. The zero-order chi connectivity index (χ0) is 30.6. The molecule has 11 heteroatoms. The molecule has 11 nitrogen and oxygen atoms in total. The first-order valence-electron chi connectivity index (χ1n) is 14.3. The summed E-state index contributed by atoms with van der Waals surface area (Å²) >= 11 is 0. The number of ether oxygens (including phenoxy) is 1. The lowest BCUT2D eigenvalue weighted by molar-refractivity contribution is -0.126. The maximum Gasteiger partial charge on any atom is 0.410 e. The maximum atomic E-state index is 13.5. The van der Waals surface area contributed by atoms with Crippen LogP contribution >= 0.6 is 0 Å². The predicted molar refractivity (Wildman–Crippen MR) is 162 cm³/mol. The minimum atomic E-state index is -0.823. The number of imide groups is 1. The van der Waals surface area contributed by atoms with Crippen LogP contribution in [0.4, 0.5) is 10.5 Å². The quantitative estimate of drug-likeness (QED) is 0.304. The fourth-order valence-corrected chi connectivity index (χ4v) is 5.54. The van der Waals surface area contributed by atoms with E-state index in [1.165, 1.54) is 11.1 Å². The number of amides is 4. The fraction of sp³-hybridized carbons (Fsp3) is 0.452. The monoisotopic (exact) mass is 576 g/mol. The Morgan fingerprint density at radius 1 is 1.19 bits per heavy atom. The highest BCUT2D eigenvalue weighted by molar-refractivity contribution is 6.27. The number of nitrogens with zero attached hydrogens (tertiary/aromatic N) is 3. The number of piperidine rings is 1. The molecule has 0 aromatic heterocycles. The molecule has 0 bridgehead atoms. The van der Waals surface area contributed by atoms with E-state index < -0.39 is 23.6 Å². The van der Waals surface area contributed by atoms with Crippen LogP contribution in [0.3, 0.4) is 0 Å². The Labute approximate surface area is 245 Å². The summed E-state index contributed by atoms with van der Waals surface area (Å²) in [6.45, 7) is 8.55. The second-order valence-corrected chi connectivity index (χ2v) is 11.6. The van der Waals surface area contributed by atoms with E-state index in [0.29, 0.717) is 67.4 Å². The largest absolute Gasteiger partial charge is 0.444 e. The van der Waals surface area contributed by atoms with Gasteiger partial charge in [0.15, 0.2) is 0 Å². The van der Waals surface area contributed by atoms with E-state index in [-0.39, 0.29) is 18.0 Å². The van der Waals surface area contributed by atoms with E-state index in [9.17, 15) is 19.2 Å². The summed E-state index contributed by atoms with van der Waals surface area (Å²) in [7, 11) is 0. The summed E-state index contributed by atoms with van der Waals surface area (Å²) in [5.41, 5.74) is 14.6. The molecule has 2 aromatic rings. The van der Waals surface area contributed by atoms with Gasteiger partial charge in [0.25, 0.3) is 5.91 Å². The molecule has 0 spiro atoms. The van der Waals surface area contributed by atoms with E-state index in [1.54, 1.807) is 29.3 Å². The molecule has 1 saturated heterocycles. The fourth-order valence-electron chi connectivity index (χ4n) is 5.54. The van der Waals surface area contributed by atoms with Gasteiger partial charge in [0.1, 0.15) is 11.6 Å². The minimum Gasteiger partial charge on any atom is -0.444 e. The number of hydrogen-bond acceptors (Lipinski definition) is 8. The molecule has 5 N–H and O–H groups in total. The molecule has 2 aliphatic rings. The number of anilines is 1. The molecule has 0 radical (unpaired) electrons. The highest BCUT2D eigenvalue weighted by Gasteiger charge is 2.38. The van der Waals surface area contributed by atoms with E-state index in [2.05, 4.69) is 5.32 Å². The third-order valence-corrected chi connectivity index (χ3v) is 7.58. The number of carbonyl (C=O) groups is 4. The zero-order valence-corrected chi connectivity index (χ0v) is 24.6. The average molecular weight is 577 g/mol. The van der Waals surface area contributed by atoms with Gasteiger partial charge in [0.2, 0.25) is 12.3 Å². The number of likely N-dealkylation sites (tertiary alicyclic amines) is 1. The Hall–Kier alpha value is -4.25. The van der Waals surface area contributed by atoms with Gasteiger partial charge in [0, 0.05) is 42.0 Å². The molecule has 2 heterocycles. The molecule has 1 fully saturated rings. The second-order valence-electron chi connectivity index (χ2n) is 11.6. The number of nitrogens with one attached hydrogen (secondary N) is 1. The van der Waals surface area contributed by atoms with Gasteiger partial charge in [-0.3, -0.25) is 29.6 Å². The van der Waals surface area contributed by atoms with Crippen molar-refractivity contribution in [3.63, 3.8) is 0 Å². The lowest BCUT2D eigenvalue weighted by atomic mass is 9.93. The number of nitrogens with two attached hydrogens (primary N) is 2. The van der Waals surface area contributed by atoms with Crippen molar-refractivity contribution in [2.75, 3.05) is 18.0 Å². The van der Waals surface area contributed by atoms with Crippen LogP contribution in [0.2, 0.25) is 0 Å². The van der Waals surface area contributed by atoms with Gasteiger partial charge in [-0.15, -0.1) is 0 Å². The van der Waals surface area contributed by atoms with Crippen LogP contribution in [0.5, 0.6) is 0 Å². The smallest absolute Gasteiger partial charge is 0.410 e. The van der Waals surface area contributed by atoms with Gasteiger partial charge < -0.3 is 21.1 Å². The van der Waals surface area contributed by atoms with Gasteiger partial charge >= 0.3 is 6.09 Å². The number of rotatable bonds is 9. The van der Waals surface area contributed by atoms with Gasteiger partial charge in [-0.05, 0) is 63.1 Å². The van der Waals surface area contributed by atoms with Crippen LogP contribution in [0.25, 0.3) is 10.8 Å². The first-order valence-corrected chi connectivity index (χ1v) is 14.3. The Balaban J connectivity index is 1.55. The van der Waals surface area contributed by atoms with Gasteiger partial charge in [-0.25, -0.2) is 4.79 Å². The van der Waals surface area contributed by atoms with Crippen molar-refractivity contribution in [1.82, 2.24) is 10.2 Å². The summed E-state index contributed by atoms with van der Waals surface area (Å²) < 4.78 is 5.47.